The van der Waals surface area contributed by atoms with Gasteiger partial charge in [-0.15, -0.1) is 0 Å². The van der Waals surface area contributed by atoms with Gasteiger partial charge in [0.2, 0.25) is 0 Å². The van der Waals surface area contributed by atoms with Crippen LogP contribution in [-0.2, 0) is 7.05 Å². The van der Waals surface area contributed by atoms with Crippen LogP contribution in [0.3, 0.4) is 0 Å². The zero-order valence-electron chi connectivity index (χ0n) is 13.1. The highest BCUT2D eigenvalue weighted by molar-refractivity contribution is 5.86. The maximum absolute atomic E-state index is 14.2. The summed E-state index contributed by atoms with van der Waals surface area (Å²) in [6, 6.07) is 6.71. The average molecular weight is 300 g/mol. The molecule has 22 heavy (non-hydrogen) atoms. The van der Waals surface area contributed by atoms with Crippen molar-refractivity contribution in [3.05, 3.63) is 53.2 Å². The van der Waals surface area contributed by atoms with E-state index < -0.39 is 11.6 Å². The Kier molecular flexibility index (Phi) is 3.47. The molecule has 0 radical (unpaired) electrons. The summed E-state index contributed by atoms with van der Waals surface area (Å²) in [7, 11) is 1.85. The molecule has 2 nitrogen and oxygen atoms in total. The van der Waals surface area contributed by atoms with Gasteiger partial charge in [-0.2, -0.15) is 5.10 Å². The number of rotatable bonds is 2. The summed E-state index contributed by atoms with van der Waals surface area (Å²) in [5, 5.41) is 5.31. The Morgan fingerprint density at radius 1 is 1.05 bits per heavy atom. The third kappa shape index (κ3) is 2.39. The van der Waals surface area contributed by atoms with Crippen molar-refractivity contribution in [2.24, 2.45) is 7.05 Å². The molecular formula is C18H18F2N2. The van der Waals surface area contributed by atoms with Crippen molar-refractivity contribution in [2.45, 2.75) is 26.7 Å². The van der Waals surface area contributed by atoms with E-state index in [-0.39, 0.29) is 11.5 Å². The van der Waals surface area contributed by atoms with E-state index in [0.29, 0.717) is 5.56 Å². The van der Waals surface area contributed by atoms with Crippen LogP contribution in [0.4, 0.5) is 8.78 Å². The van der Waals surface area contributed by atoms with Crippen molar-refractivity contribution >= 4 is 10.9 Å². The maximum atomic E-state index is 14.2. The van der Waals surface area contributed by atoms with E-state index in [9.17, 15) is 8.78 Å². The molecule has 1 heterocycles. The molecule has 3 rings (SSSR count). The number of nitrogens with zero attached hydrogens (tertiary/aromatic N) is 2. The van der Waals surface area contributed by atoms with Crippen LogP contribution in [-0.4, -0.2) is 9.78 Å². The molecule has 1 aromatic heterocycles. The molecule has 0 N–H and O–H groups in total. The molecule has 0 saturated heterocycles. The number of fused-ring (bicyclic) bond motifs is 1. The van der Waals surface area contributed by atoms with Crippen LogP contribution in [0.2, 0.25) is 0 Å². The van der Waals surface area contributed by atoms with Crippen molar-refractivity contribution in [1.29, 1.82) is 0 Å². The number of aryl methyl sites for hydroxylation is 2. The number of hydrogen-bond acceptors (Lipinski definition) is 1. The highest BCUT2D eigenvalue weighted by Crippen LogP contribution is 2.32. The summed E-state index contributed by atoms with van der Waals surface area (Å²) in [6.07, 6.45) is 1.90. The van der Waals surface area contributed by atoms with Gasteiger partial charge in [-0.05, 0) is 53.8 Å². The third-order valence-electron chi connectivity index (χ3n) is 3.93. The fourth-order valence-corrected chi connectivity index (χ4v) is 2.90. The smallest absolute Gasteiger partial charge is 0.130 e. The lowest BCUT2D eigenvalue weighted by molar-refractivity contribution is 0.542. The second kappa shape index (κ2) is 5.20. The number of aromatic nitrogens is 2. The van der Waals surface area contributed by atoms with Crippen LogP contribution in [0.1, 0.15) is 30.9 Å². The molecule has 0 fully saturated rings. The van der Waals surface area contributed by atoms with Crippen molar-refractivity contribution in [2.75, 3.05) is 0 Å². The van der Waals surface area contributed by atoms with Crippen LogP contribution >= 0.6 is 0 Å². The summed E-state index contributed by atoms with van der Waals surface area (Å²) in [4.78, 5) is 0. The van der Waals surface area contributed by atoms with Crippen LogP contribution < -0.4 is 0 Å². The molecule has 114 valence electrons. The van der Waals surface area contributed by atoms with Gasteiger partial charge in [0.05, 0.1) is 5.52 Å². The van der Waals surface area contributed by atoms with Gasteiger partial charge in [0.25, 0.3) is 0 Å². The van der Waals surface area contributed by atoms with Gasteiger partial charge in [-0.25, -0.2) is 8.78 Å². The molecule has 0 aliphatic rings. The predicted octanol–water partition coefficient (Wildman–Crippen LogP) is 4.95. The first-order valence-corrected chi connectivity index (χ1v) is 7.30. The van der Waals surface area contributed by atoms with E-state index in [2.05, 4.69) is 5.10 Å². The fourth-order valence-electron chi connectivity index (χ4n) is 2.90. The van der Waals surface area contributed by atoms with Crippen molar-refractivity contribution in [3.8, 4) is 11.1 Å². The van der Waals surface area contributed by atoms with Crippen LogP contribution in [0.25, 0.3) is 22.0 Å². The predicted molar refractivity (Wildman–Crippen MR) is 84.9 cm³/mol. The molecular weight excluding hydrogens is 282 g/mol. The van der Waals surface area contributed by atoms with E-state index in [4.69, 9.17) is 0 Å². The minimum atomic E-state index is -0.490. The molecule has 0 bridgehead atoms. The highest BCUT2D eigenvalue weighted by atomic mass is 19.1. The van der Waals surface area contributed by atoms with Gasteiger partial charge < -0.3 is 0 Å². The lowest BCUT2D eigenvalue weighted by Gasteiger charge is -2.12. The number of halogens is 2. The molecule has 0 amide bonds. The summed E-state index contributed by atoms with van der Waals surface area (Å²) < 4.78 is 30.2. The van der Waals surface area contributed by atoms with Crippen LogP contribution in [0, 0.1) is 18.6 Å². The molecule has 0 atom stereocenters. The van der Waals surface area contributed by atoms with E-state index in [1.165, 1.54) is 12.1 Å². The van der Waals surface area contributed by atoms with E-state index >= 15 is 0 Å². The normalized spacial score (nSPS) is 11.6. The minimum absolute atomic E-state index is 0.142. The third-order valence-corrected chi connectivity index (χ3v) is 3.93. The van der Waals surface area contributed by atoms with Crippen LogP contribution in [0.15, 0.2) is 30.5 Å². The van der Waals surface area contributed by atoms with Gasteiger partial charge in [-0.3, -0.25) is 4.68 Å². The standard InChI is InChI=1S/C18H18F2N2/c1-10(2)18-15(19)7-12(8-16(18)20)14-6-13-9-22(4)21-17(13)5-11(14)3/h5-10H,1-4H3. The average Bonchev–Trinajstić information content (AvgIpc) is 2.75. The Balaban J connectivity index is 2.20. The molecule has 0 saturated carbocycles. The summed E-state index contributed by atoms with van der Waals surface area (Å²) in [6.45, 7) is 5.50. The van der Waals surface area contributed by atoms with E-state index in [1.807, 2.05) is 32.3 Å². The first kappa shape index (κ1) is 14.7. The van der Waals surface area contributed by atoms with Crippen LogP contribution in [0.5, 0.6) is 0 Å². The SMILES string of the molecule is Cc1cc2nn(C)cc2cc1-c1cc(F)c(C(C)C)c(F)c1. The first-order valence-electron chi connectivity index (χ1n) is 7.30. The van der Waals surface area contributed by atoms with Gasteiger partial charge in [0, 0.05) is 24.2 Å². The topological polar surface area (TPSA) is 17.8 Å². The fraction of sp³-hybridized carbons (Fsp3) is 0.278. The zero-order chi connectivity index (χ0) is 16.0. The second-order valence-electron chi connectivity index (χ2n) is 6.04. The van der Waals surface area contributed by atoms with Gasteiger partial charge in [0.1, 0.15) is 11.6 Å². The van der Waals surface area contributed by atoms with Crippen molar-refractivity contribution < 1.29 is 8.78 Å². The molecule has 0 aliphatic heterocycles. The lowest BCUT2D eigenvalue weighted by Crippen LogP contribution is -1.99. The maximum Gasteiger partial charge on any atom is 0.130 e. The monoisotopic (exact) mass is 300 g/mol. The van der Waals surface area contributed by atoms with Gasteiger partial charge in [-0.1, -0.05) is 13.8 Å². The van der Waals surface area contributed by atoms with Gasteiger partial charge >= 0.3 is 0 Å². The molecule has 3 aromatic rings. The minimum Gasteiger partial charge on any atom is -0.275 e. The number of hydrogen-bond donors (Lipinski definition) is 0. The molecule has 2 aromatic carbocycles. The Hall–Kier alpha value is -2.23. The second-order valence-corrected chi connectivity index (χ2v) is 6.04. The van der Waals surface area contributed by atoms with Crippen molar-refractivity contribution in [3.63, 3.8) is 0 Å². The van der Waals surface area contributed by atoms with E-state index in [0.717, 1.165) is 22.0 Å². The summed E-state index contributed by atoms with van der Waals surface area (Å²) in [5.41, 5.74) is 3.35. The summed E-state index contributed by atoms with van der Waals surface area (Å²) in [5.74, 6) is -1.16. The summed E-state index contributed by atoms with van der Waals surface area (Å²) >= 11 is 0. The largest absolute Gasteiger partial charge is 0.275 e. The highest BCUT2D eigenvalue weighted by Gasteiger charge is 2.16. The van der Waals surface area contributed by atoms with E-state index in [1.54, 1.807) is 18.5 Å². The van der Waals surface area contributed by atoms with Crippen molar-refractivity contribution in [1.82, 2.24) is 9.78 Å². The Bertz CT molecular complexity index is 840. The number of benzene rings is 2. The Labute approximate surface area is 128 Å². The van der Waals surface area contributed by atoms with Gasteiger partial charge in [0.15, 0.2) is 0 Å². The quantitative estimate of drug-likeness (QED) is 0.654. The molecule has 0 unspecified atom stereocenters. The Morgan fingerprint density at radius 2 is 1.68 bits per heavy atom. The molecule has 0 spiro atoms. The Morgan fingerprint density at radius 3 is 2.27 bits per heavy atom. The molecule has 0 aliphatic carbocycles. The molecule has 4 heteroatoms. The lowest BCUT2D eigenvalue weighted by atomic mass is 9.94. The first-order chi connectivity index (χ1) is 10.4. The zero-order valence-corrected chi connectivity index (χ0v) is 13.1.